The van der Waals surface area contributed by atoms with Crippen LogP contribution in [0, 0.1) is 11.7 Å². The SMILES string of the molecule is CCOC(=O)[C@@H]1CCCN([C@@H]2CC(=O)N(c3cccc(F)c3)C2=O)C1. The molecule has 0 radical (unpaired) electrons. The van der Waals surface area contributed by atoms with Crippen LogP contribution in [0.4, 0.5) is 10.1 Å². The minimum atomic E-state index is -0.604. The molecule has 2 aliphatic heterocycles. The third kappa shape index (κ3) is 3.56. The van der Waals surface area contributed by atoms with Crippen LogP contribution >= 0.6 is 0 Å². The maximum Gasteiger partial charge on any atom is 0.310 e. The number of esters is 1. The van der Waals surface area contributed by atoms with Crippen LogP contribution in [0.3, 0.4) is 0 Å². The highest BCUT2D eigenvalue weighted by Gasteiger charge is 2.44. The van der Waals surface area contributed by atoms with Gasteiger partial charge in [0.1, 0.15) is 5.82 Å². The lowest BCUT2D eigenvalue weighted by atomic mass is 9.96. The molecule has 1 aromatic carbocycles. The van der Waals surface area contributed by atoms with Gasteiger partial charge in [-0.05, 0) is 44.5 Å². The van der Waals surface area contributed by atoms with Crippen LogP contribution in [-0.2, 0) is 19.1 Å². The highest BCUT2D eigenvalue weighted by atomic mass is 19.1. The number of carbonyl (C=O) groups is 3. The maximum atomic E-state index is 13.4. The molecule has 2 heterocycles. The van der Waals surface area contributed by atoms with Gasteiger partial charge in [0.25, 0.3) is 5.91 Å². The molecule has 0 aliphatic carbocycles. The summed E-state index contributed by atoms with van der Waals surface area (Å²) >= 11 is 0. The molecule has 2 amide bonds. The summed E-state index contributed by atoms with van der Waals surface area (Å²) in [5, 5.41) is 0. The molecular weight excluding hydrogens is 327 g/mol. The van der Waals surface area contributed by atoms with E-state index in [1.807, 2.05) is 4.90 Å². The first-order chi connectivity index (χ1) is 12.0. The lowest BCUT2D eigenvalue weighted by Crippen LogP contribution is -2.48. The first kappa shape index (κ1) is 17.5. The second kappa shape index (κ2) is 7.31. The van der Waals surface area contributed by atoms with E-state index in [0.29, 0.717) is 19.7 Å². The number of carbonyl (C=O) groups excluding carboxylic acids is 3. The third-order valence-electron chi connectivity index (χ3n) is 4.70. The van der Waals surface area contributed by atoms with Crippen molar-refractivity contribution in [2.75, 3.05) is 24.6 Å². The Balaban J connectivity index is 1.74. The highest BCUT2D eigenvalue weighted by Crippen LogP contribution is 2.29. The van der Waals surface area contributed by atoms with E-state index in [-0.39, 0.29) is 35.8 Å². The van der Waals surface area contributed by atoms with Gasteiger partial charge in [-0.25, -0.2) is 9.29 Å². The fourth-order valence-electron chi connectivity index (χ4n) is 3.53. The number of nitrogens with zero attached hydrogens (tertiary/aromatic N) is 2. The first-order valence-corrected chi connectivity index (χ1v) is 8.54. The first-order valence-electron chi connectivity index (χ1n) is 8.54. The Labute approximate surface area is 145 Å². The number of anilines is 1. The van der Waals surface area contributed by atoms with E-state index in [2.05, 4.69) is 0 Å². The zero-order valence-electron chi connectivity index (χ0n) is 14.1. The molecule has 25 heavy (non-hydrogen) atoms. The average molecular weight is 348 g/mol. The Morgan fingerprint density at radius 2 is 2.16 bits per heavy atom. The van der Waals surface area contributed by atoms with Crippen molar-refractivity contribution < 1.29 is 23.5 Å². The number of hydrogen-bond donors (Lipinski definition) is 0. The highest BCUT2D eigenvalue weighted by molar-refractivity contribution is 6.22. The molecule has 134 valence electrons. The van der Waals surface area contributed by atoms with E-state index in [1.165, 1.54) is 18.2 Å². The molecule has 6 nitrogen and oxygen atoms in total. The van der Waals surface area contributed by atoms with E-state index in [0.717, 1.165) is 17.7 Å². The Kier molecular flexibility index (Phi) is 5.13. The molecule has 0 unspecified atom stereocenters. The smallest absolute Gasteiger partial charge is 0.310 e. The van der Waals surface area contributed by atoms with E-state index in [4.69, 9.17) is 4.74 Å². The summed E-state index contributed by atoms with van der Waals surface area (Å²) < 4.78 is 18.5. The van der Waals surface area contributed by atoms with Crippen LogP contribution in [-0.4, -0.2) is 48.4 Å². The van der Waals surface area contributed by atoms with Crippen LogP contribution in [0.1, 0.15) is 26.2 Å². The molecule has 0 spiro atoms. The van der Waals surface area contributed by atoms with Crippen molar-refractivity contribution in [1.82, 2.24) is 4.90 Å². The van der Waals surface area contributed by atoms with Gasteiger partial charge in [0, 0.05) is 6.54 Å². The summed E-state index contributed by atoms with van der Waals surface area (Å²) in [6, 6.07) is 4.85. The largest absolute Gasteiger partial charge is 0.466 e. The average Bonchev–Trinajstić information content (AvgIpc) is 2.90. The second-order valence-electron chi connectivity index (χ2n) is 6.35. The third-order valence-corrected chi connectivity index (χ3v) is 4.70. The standard InChI is InChI=1S/C18H21FN2O4/c1-2-25-18(24)12-5-4-8-20(11-12)15-10-16(22)21(17(15)23)14-7-3-6-13(19)9-14/h3,6-7,9,12,15H,2,4-5,8,10-11H2,1H3/t12-,15-/m1/s1. The number of ether oxygens (including phenoxy) is 1. The van der Waals surface area contributed by atoms with Crippen LogP contribution in [0.15, 0.2) is 24.3 Å². The normalized spacial score (nSPS) is 24.6. The molecule has 2 atom stereocenters. The van der Waals surface area contributed by atoms with Gasteiger partial charge in [0.15, 0.2) is 0 Å². The molecule has 1 aromatic rings. The van der Waals surface area contributed by atoms with Crippen molar-refractivity contribution in [3.63, 3.8) is 0 Å². The minimum absolute atomic E-state index is 0.0465. The van der Waals surface area contributed by atoms with E-state index in [9.17, 15) is 18.8 Å². The lowest BCUT2D eigenvalue weighted by molar-refractivity contribution is -0.150. The zero-order valence-corrected chi connectivity index (χ0v) is 14.1. The van der Waals surface area contributed by atoms with Crippen molar-refractivity contribution in [2.24, 2.45) is 5.92 Å². The van der Waals surface area contributed by atoms with Crippen molar-refractivity contribution in [2.45, 2.75) is 32.2 Å². The molecule has 0 bridgehead atoms. The van der Waals surface area contributed by atoms with Crippen molar-refractivity contribution in [1.29, 1.82) is 0 Å². The number of rotatable bonds is 4. The fraction of sp³-hybridized carbons (Fsp3) is 0.500. The summed E-state index contributed by atoms with van der Waals surface area (Å²) in [7, 11) is 0. The van der Waals surface area contributed by atoms with E-state index >= 15 is 0 Å². The monoisotopic (exact) mass is 348 g/mol. The van der Waals surface area contributed by atoms with Gasteiger partial charge < -0.3 is 4.74 Å². The molecule has 3 rings (SSSR count). The van der Waals surface area contributed by atoms with Gasteiger partial charge in [0.05, 0.1) is 30.7 Å². The molecule has 0 aromatic heterocycles. The fourth-order valence-corrected chi connectivity index (χ4v) is 3.53. The number of piperidine rings is 1. The van der Waals surface area contributed by atoms with Gasteiger partial charge in [0.2, 0.25) is 5.91 Å². The molecule has 2 aliphatic rings. The summed E-state index contributed by atoms with van der Waals surface area (Å²) in [6.45, 7) is 3.13. The predicted octanol–water partition coefficient (Wildman–Crippen LogP) is 1.73. The van der Waals surface area contributed by atoms with Gasteiger partial charge in [-0.3, -0.25) is 19.3 Å². The van der Waals surface area contributed by atoms with Gasteiger partial charge in [-0.15, -0.1) is 0 Å². The van der Waals surface area contributed by atoms with Crippen LogP contribution in [0.25, 0.3) is 0 Å². The summed E-state index contributed by atoms with van der Waals surface area (Å²) in [6.07, 6.45) is 1.53. The van der Waals surface area contributed by atoms with Crippen molar-refractivity contribution in [3.05, 3.63) is 30.1 Å². The number of halogens is 1. The van der Waals surface area contributed by atoms with E-state index < -0.39 is 11.9 Å². The summed E-state index contributed by atoms with van der Waals surface area (Å²) in [5.74, 6) is -1.74. The van der Waals surface area contributed by atoms with Crippen LogP contribution < -0.4 is 4.90 Å². The minimum Gasteiger partial charge on any atom is -0.466 e. The number of benzene rings is 1. The second-order valence-corrected chi connectivity index (χ2v) is 6.35. The molecule has 7 heteroatoms. The van der Waals surface area contributed by atoms with Crippen LogP contribution in [0.5, 0.6) is 0 Å². The van der Waals surface area contributed by atoms with E-state index in [1.54, 1.807) is 13.0 Å². The molecular formula is C18H21FN2O4. The Bertz CT molecular complexity index is 693. The number of amides is 2. The van der Waals surface area contributed by atoms with Crippen molar-refractivity contribution in [3.8, 4) is 0 Å². The maximum absolute atomic E-state index is 13.4. The molecule has 2 saturated heterocycles. The Morgan fingerprint density at radius 1 is 1.36 bits per heavy atom. The summed E-state index contributed by atoms with van der Waals surface area (Å²) in [5.41, 5.74) is 0.247. The van der Waals surface area contributed by atoms with Gasteiger partial charge in [-0.1, -0.05) is 6.07 Å². The van der Waals surface area contributed by atoms with Gasteiger partial charge >= 0.3 is 5.97 Å². The number of hydrogen-bond acceptors (Lipinski definition) is 5. The van der Waals surface area contributed by atoms with Crippen molar-refractivity contribution >= 4 is 23.5 Å². The zero-order chi connectivity index (χ0) is 18.0. The van der Waals surface area contributed by atoms with Crippen LogP contribution in [0.2, 0.25) is 0 Å². The van der Waals surface area contributed by atoms with Gasteiger partial charge in [-0.2, -0.15) is 0 Å². The Morgan fingerprint density at radius 3 is 2.88 bits per heavy atom. The molecule has 0 saturated carbocycles. The summed E-state index contributed by atoms with van der Waals surface area (Å²) in [4.78, 5) is 40.0. The number of likely N-dealkylation sites (tertiary alicyclic amines) is 1. The molecule has 0 N–H and O–H groups in total. The Hall–Kier alpha value is -2.28. The topological polar surface area (TPSA) is 66.9 Å². The predicted molar refractivity (Wildman–Crippen MR) is 88.2 cm³/mol. The lowest BCUT2D eigenvalue weighted by Gasteiger charge is -2.34. The quantitative estimate of drug-likeness (QED) is 0.612. The number of imide groups is 1. The molecule has 2 fully saturated rings.